The minimum atomic E-state index is -3.85. The van der Waals surface area contributed by atoms with Crippen LogP contribution in [0.1, 0.15) is 24.8 Å². The number of ketones is 1. The molecule has 1 aromatic carbocycles. The van der Waals surface area contributed by atoms with Crippen LogP contribution < -0.4 is 5.32 Å². The average Bonchev–Trinajstić information content (AvgIpc) is 2.94. The average molecular weight is 432 g/mol. The van der Waals surface area contributed by atoms with Crippen LogP contribution in [0, 0.1) is 0 Å². The Morgan fingerprint density at radius 2 is 1.93 bits per heavy atom. The van der Waals surface area contributed by atoms with E-state index in [4.69, 9.17) is 4.74 Å². The molecule has 0 saturated carbocycles. The minimum Gasteiger partial charge on any atom is -0.376 e. The molecule has 0 bridgehead atoms. The Morgan fingerprint density at radius 1 is 1.17 bits per heavy atom. The number of nitrogens with one attached hydrogen (secondary N) is 1. The van der Waals surface area contributed by atoms with Gasteiger partial charge in [-0.15, -0.1) is 0 Å². The molecule has 2 aromatic rings. The lowest BCUT2D eigenvalue weighted by molar-refractivity contribution is -0.128. The molecule has 1 saturated heterocycles. The number of rotatable bonds is 8. The quantitative estimate of drug-likeness (QED) is 0.636. The lowest BCUT2D eigenvalue weighted by Gasteiger charge is -2.19. The Bertz CT molecular complexity index is 951. The van der Waals surface area contributed by atoms with Crippen LogP contribution in [0.15, 0.2) is 59.8 Å². The van der Waals surface area contributed by atoms with Crippen molar-refractivity contribution >= 4 is 21.7 Å². The molecule has 0 aliphatic carbocycles. The largest absolute Gasteiger partial charge is 0.376 e. The van der Waals surface area contributed by atoms with Crippen LogP contribution >= 0.6 is 0 Å². The maximum Gasteiger partial charge on any atom is 0.260 e. The molecule has 1 aliphatic rings. The van der Waals surface area contributed by atoms with Crippen LogP contribution in [0.2, 0.25) is 0 Å². The van der Waals surface area contributed by atoms with Crippen molar-refractivity contribution in [3.63, 3.8) is 0 Å². The fourth-order valence-electron chi connectivity index (χ4n) is 3.18. The Kier molecular flexibility index (Phi) is 7.67. The van der Waals surface area contributed by atoms with E-state index in [9.17, 15) is 18.0 Å². The van der Waals surface area contributed by atoms with Gasteiger partial charge in [-0.25, -0.2) is 13.4 Å². The van der Waals surface area contributed by atoms with Crippen LogP contribution in [0.3, 0.4) is 0 Å². The maximum atomic E-state index is 12.7. The van der Waals surface area contributed by atoms with E-state index >= 15 is 0 Å². The summed E-state index contributed by atoms with van der Waals surface area (Å²) in [6.07, 6.45) is 2.39. The van der Waals surface area contributed by atoms with Crippen LogP contribution in [0.5, 0.6) is 0 Å². The zero-order valence-corrected chi connectivity index (χ0v) is 17.4. The normalized spacial score (nSPS) is 18.0. The molecule has 1 aliphatic heterocycles. The summed E-state index contributed by atoms with van der Waals surface area (Å²) in [6, 6.07) is 13.5. The van der Waals surface area contributed by atoms with Crippen LogP contribution in [-0.2, 0) is 31.0 Å². The Labute approximate surface area is 176 Å². The highest BCUT2D eigenvalue weighted by atomic mass is 32.2. The molecular weight excluding hydrogens is 406 g/mol. The van der Waals surface area contributed by atoms with Gasteiger partial charge in [-0.3, -0.25) is 9.59 Å². The summed E-state index contributed by atoms with van der Waals surface area (Å²) in [6.45, 7) is 0.574. The minimum absolute atomic E-state index is 0.0872. The number of hydrogen-bond acceptors (Lipinski definition) is 6. The van der Waals surface area contributed by atoms with Crippen molar-refractivity contribution in [3.8, 4) is 0 Å². The van der Waals surface area contributed by atoms with E-state index in [-0.39, 0.29) is 42.8 Å². The van der Waals surface area contributed by atoms with Crippen molar-refractivity contribution in [2.24, 2.45) is 0 Å². The van der Waals surface area contributed by atoms with E-state index in [0.717, 1.165) is 9.87 Å². The second-order valence-electron chi connectivity index (χ2n) is 7.02. The van der Waals surface area contributed by atoms with Crippen molar-refractivity contribution in [3.05, 3.63) is 60.3 Å². The highest BCUT2D eigenvalue weighted by Crippen LogP contribution is 2.17. The number of Topliss-reactive ketones (excluding diaryl/α,β-unsaturated/α-hetero) is 1. The lowest BCUT2D eigenvalue weighted by atomic mass is 10.1. The molecule has 30 heavy (non-hydrogen) atoms. The van der Waals surface area contributed by atoms with Gasteiger partial charge in [0, 0.05) is 19.2 Å². The van der Waals surface area contributed by atoms with Crippen LogP contribution in [0.25, 0.3) is 0 Å². The molecular formula is C21H25N3O5S. The first-order chi connectivity index (χ1) is 14.5. The van der Waals surface area contributed by atoms with Gasteiger partial charge in [-0.05, 0) is 30.5 Å². The highest BCUT2D eigenvalue weighted by Gasteiger charge is 2.33. The number of sulfonamides is 1. The molecule has 0 radical (unpaired) electrons. The number of amides is 1. The molecule has 1 aromatic heterocycles. The number of nitrogens with zero attached hydrogens (tertiary/aromatic N) is 2. The number of ether oxygens (including phenoxy) is 1. The summed E-state index contributed by atoms with van der Waals surface area (Å²) in [5.74, 6) is -0.618. The molecule has 1 N–H and O–H groups in total. The van der Waals surface area contributed by atoms with E-state index in [2.05, 4.69) is 10.3 Å². The number of benzene rings is 1. The molecule has 160 valence electrons. The fourth-order valence-corrected chi connectivity index (χ4v) is 4.56. The summed E-state index contributed by atoms with van der Waals surface area (Å²) < 4.78 is 32.1. The summed E-state index contributed by atoms with van der Waals surface area (Å²) in [7, 11) is -3.85. The van der Waals surface area contributed by atoms with Crippen molar-refractivity contribution in [1.82, 2.24) is 14.6 Å². The predicted octanol–water partition coefficient (Wildman–Crippen LogP) is 1.53. The van der Waals surface area contributed by atoms with Gasteiger partial charge in [0.15, 0.2) is 10.8 Å². The fraction of sp³-hybridized carbons (Fsp3) is 0.381. The number of carbonyl (C=O) groups is 2. The summed E-state index contributed by atoms with van der Waals surface area (Å²) in [5.41, 5.74) is 1.02. The van der Waals surface area contributed by atoms with E-state index < -0.39 is 16.1 Å². The summed E-state index contributed by atoms with van der Waals surface area (Å²) in [5, 5.41) is 2.63. The molecule has 1 fully saturated rings. The van der Waals surface area contributed by atoms with Crippen molar-refractivity contribution < 1.29 is 22.7 Å². The third kappa shape index (κ3) is 5.94. The Morgan fingerprint density at radius 3 is 2.67 bits per heavy atom. The molecule has 2 heterocycles. The van der Waals surface area contributed by atoms with Gasteiger partial charge in [0.1, 0.15) is 0 Å². The van der Waals surface area contributed by atoms with E-state index in [1.807, 2.05) is 30.3 Å². The highest BCUT2D eigenvalue weighted by molar-refractivity contribution is 7.89. The Balaban J connectivity index is 1.48. The van der Waals surface area contributed by atoms with Crippen molar-refractivity contribution in [2.75, 3.05) is 19.7 Å². The number of aromatic nitrogens is 1. The second kappa shape index (κ2) is 10.4. The van der Waals surface area contributed by atoms with Crippen LogP contribution in [0.4, 0.5) is 0 Å². The number of hydrogen-bond donors (Lipinski definition) is 1. The summed E-state index contributed by atoms with van der Waals surface area (Å²) >= 11 is 0. The van der Waals surface area contributed by atoms with Gasteiger partial charge in [0.05, 0.1) is 25.8 Å². The zero-order chi connectivity index (χ0) is 21.4. The van der Waals surface area contributed by atoms with E-state index in [1.165, 1.54) is 12.3 Å². The molecule has 1 amide bonds. The number of pyridine rings is 1. The molecule has 8 nitrogen and oxygen atoms in total. The van der Waals surface area contributed by atoms with Gasteiger partial charge in [0.25, 0.3) is 10.0 Å². The molecule has 0 spiro atoms. The van der Waals surface area contributed by atoms with Gasteiger partial charge >= 0.3 is 0 Å². The smallest absolute Gasteiger partial charge is 0.260 e. The zero-order valence-electron chi connectivity index (χ0n) is 16.6. The van der Waals surface area contributed by atoms with Gasteiger partial charge in [-0.2, -0.15) is 4.31 Å². The number of carbonyl (C=O) groups excluding carboxylic acids is 2. The van der Waals surface area contributed by atoms with Crippen molar-refractivity contribution in [2.45, 2.75) is 36.9 Å². The standard InChI is InChI=1S/C21H25N3O5S/c25-19-15-24(30(27,28)21-10-4-5-12-22-21)13-6-9-18(19)23-20(26)11-14-29-16-17-7-2-1-3-8-17/h1-5,7-8,10,12,18H,6,9,11,13-16H2,(H,23,26)/t18-/m0/s1. The molecule has 9 heteroatoms. The molecule has 1 atom stereocenters. The summed E-state index contributed by atoms with van der Waals surface area (Å²) in [4.78, 5) is 28.7. The van der Waals surface area contributed by atoms with E-state index in [1.54, 1.807) is 12.1 Å². The first kappa shape index (κ1) is 22.1. The van der Waals surface area contributed by atoms with Crippen molar-refractivity contribution in [1.29, 1.82) is 0 Å². The lowest BCUT2D eigenvalue weighted by Crippen LogP contribution is -2.44. The Hall–Kier alpha value is -2.62. The van der Waals surface area contributed by atoms with Gasteiger partial charge < -0.3 is 10.1 Å². The second-order valence-corrected chi connectivity index (χ2v) is 8.91. The predicted molar refractivity (Wildman–Crippen MR) is 110 cm³/mol. The van der Waals surface area contributed by atoms with Gasteiger partial charge in [-0.1, -0.05) is 36.4 Å². The SMILES string of the molecule is O=C(CCOCc1ccccc1)N[C@H]1CCCN(S(=O)(=O)c2ccccn2)CC1=O. The van der Waals surface area contributed by atoms with Gasteiger partial charge in [0.2, 0.25) is 5.91 Å². The topological polar surface area (TPSA) is 106 Å². The third-order valence-electron chi connectivity index (χ3n) is 4.78. The maximum absolute atomic E-state index is 12.7. The molecule has 0 unspecified atom stereocenters. The van der Waals surface area contributed by atoms with E-state index in [0.29, 0.717) is 19.4 Å². The molecule has 3 rings (SSSR count). The first-order valence-corrected chi connectivity index (χ1v) is 11.3. The third-order valence-corrected chi connectivity index (χ3v) is 6.54. The van der Waals surface area contributed by atoms with Crippen LogP contribution in [-0.4, -0.2) is 55.1 Å². The monoisotopic (exact) mass is 431 g/mol. The first-order valence-electron chi connectivity index (χ1n) is 9.82.